The highest BCUT2D eigenvalue weighted by molar-refractivity contribution is 6.29. The lowest BCUT2D eigenvalue weighted by molar-refractivity contribution is 0.695. The van der Waals surface area contributed by atoms with Crippen LogP contribution in [0, 0.1) is 0 Å². The number of halogens is 1. The van der Waals surface area contributed by atoms with E-state index < -0.39 is 0 Å². The second-order valence-electron chi connectivity index (χ2n) is 6.73. The molecule has 0 radical (unpaired) electrons. The van der Waals surface area contributed by atoms with E-state index >= 15 is 0 Å². The predicted octanol–water partition coefficient (Wildman–Crippen LogP) is 4.61. The maximum Gasteiger partial charge on any atom is 0.147 e. The van der Waals surface area contributed by atoms with E-state index in [9.17, 15) is 0 Å². The molecule has 0 saturated heterocycles. The van der Waals surface area contributed by atoms with Gasteiger partial charge in [0.15, 0.2) is 0 Å². The number of fused-ring (bicyclic) bond motifs is 2. The molecule has 134 valence electrons. The molecule has 4 aromatic rings. The first-order valence-electron chi connectivity index (χ1n) is 8.95. The molecule has 2 aromatic carbocycles. The van der Waals surface area contributed by atoms with Crippen molar-refractivity contribution in [3.63, 3.8) is 0 Å². The lowest BCUT2D eigenvalue weighted by Gasteiger charge is -2.13. The summed E-state index contributed by atoms with van der Waals surface area (Å²) in [5, 5.41) is 8.70. The Balaban J connectivity index is 1.47. The monoisotopic (exact) mass is 375 g/mol. The fourth-order valence-electron chi connectivity index (χ4n) is 3.53. The van der Waals surface area contributed by atoms with E-state index in [0.29, 0.717) is 5.15 Å². The molecule has 0 fully saturated rings. The molecule has 0 bridgehead atoms. The average Bonchev–Trinajstić information content (AvgIpc) is 3.23. The predicted molar refractivity (Wildman–Crippen MR) is 107 cm³/mol. The number of aromatic nitrogens is 4. The summed E-state index contributed by atoms with van der Waals surface area (Å²) in [4.78, 5) is 4.10. The zero-order valence-electron chi connectivity index (χ0n) is 14.6. The van der Waals surface area contributed by atoms with Crippen LogP contribution < -0.4 is 5.32 Å². The second-order valence-corrected chi connectivity index (χ2v) is 7.12. The van der Waals surface area contributed by atoms with E-state index in [1.54, 1.807) is 6.33 Å². The minimum Gasteiger partial charge on any atom is -0.340 e. The molecule has 5 rings (SSSR count). The van der Waals surface area contributed by atoms with Crippen molar-refractivity contribution in [3.8, 4) is 5.69 Å². The van der Waals surface area contributed by atoms with Gasteiger partial charge >= 0.3 is 0 Å². The van der Waals surface area contributed by atoms with Crippen LogP contribution in [0.25, 0.3) is 5.69 Å². The molecule has 0 spiro atoms. The third kappa shape index (κ3) is 3.11. The number of hydrogen-bond acceptors (Lipinski definition) is 3. The normalized spacial score (nSPS) is 12.8. The summed E-state index contributed by atoms with van der Waals surface area (Å²) in [5.74, 6) is 1.08. The van der Waals surface area contributed by atoms with Crippen LogP contribution in [0.2, 0.25) is 5.15 Å². The molecule has 0 unspecified atom stereocenters. The molecule has 1 aliphatic rings. The van der Waals surface area contributed by atoms with Crippen molar-refractivity contribution in [1.29, 1.82) is 0 Å². The van der Waals surface area contributed by atoms with Gasteiger partial charge in [0.05, 0.1) is 12.7 Å². The Morgan fingerprint density at radius 3 is 2.70 bits per heavy atom. The second kappa shape index (κ2) is 6.59. The standard InChI is InChI=1S/C21H18ClN5/c22-20-13-26(14-23-20)18-8-9-19-16(10-18)6-7-17-11-24-27(21(17)25-19)12-15-4-2-1-3-5-15/h1-5,8-11,13-14,25H,6-7,12H2. The van der Waals surface area contributed by atoms with Gasteiger partial charge in [-0.1, -0.05) is 41.9 Å². The quantitative estimate of drug-likeness (QED) is 0.568. The van der Waals surface area contributed by atoms with Gasteiger partial charge in [0, 0.05) is 23.1 Å². The summed E-state index contributed by atoms with van der Waals surface area (Å²) in [6.45, 7) is 0.754. The van der Waals surface area contributed by atoms with Crippen LogP contribution in [-0.4, -0.2) is 19.3 Å². The van der Waals surface area contributed by atoms with E-state index in [-0.39, 0.29) is 0 Å². The Bertz CT molecular complexity index is 1100. The lowest BCUT2D eigenvalue weighted by atomic mass is 10.1. The maximum atomic E-state index is 5.96. The Kier molecular flexibility index (Phi) is 3.94. The zero-order chi connectivity index (χ0) is 18.2. The van der Waals surface area contributed by atoms with Crippen LogP contribution in [0.5, 0.6) is 0 Å². The Morgan fingerprint density at radius 1 is 1.04 bits per heavy atom. The summed E-state index contributed by atoms with van der Waals surface area (Å²) in [6.07, 6.45) is 7.45. The van der Waals surface area contributed by atoms with Gasteiger partial charge in [0.25, 0.3) is 0 Å². The van der Waals surface area contributed by atoms with Gasteiger partial charge in [-0.2, -0.15) is 5.10 Å². The van der Waals surface area contributed by atoms with Crippen molar-refractivity contribution in [2.75, 3.05) is 5.32 Å². The number of benzene rings is 2. The highest BCUT2D eigenvalue weighted by Gasteiger charge is 2.18. The molecule has 6 heteroatoms. The first-order valence-corrected chi connectivity index (χ1v) is 9.32. The van der Waals surface area contributed by atoms with Gasteiger partial charge in [0.1, 0.15) is 17.3 Å². The SMILES string of the molecule is Clc1cn(-c2ccc3c(c2)CCc2cnn(Cc4ccccc4)c2N3)cn1. The maximum absolute atomic E-state index is 5.96. The molecule has 0 saturated carbocycles. The molecule has 0 amide bonds. The number of anilines is 2. The third-order valence-corrected chi connectivity index (χ3v) is 5.14. The van der Waals surface area contributed by atoms with E-state index in [0.717, 1.165) is 36.6 Å². The fraction of sp³-hybridized carbons (Fsp3) is 0.143. The molecule has 27 heavy (non-hydrogen) atoms. The summed E-state index contributed by atoms with van der Waals surface area (Å²) in [5.41, 5.74) is 5.95. The van der Waals surface area contributed by atoms with Crippen molar-refractivity contribution < 1.29 is 0 Å². The van der Waals surface area contributed by atoms with Crippen LogP contribution in [0.3, 0.4) is 0 Å². The largest absolute Gasteiger partial charge is 0.340 e. The summed E-state index contributed by atoms with van der Waals surface area (Å²) < 4.78 is 3.99. The average molecular weight is 376 g/mol. The van der Waals surface area contributed by atoms with Crippen molar-refractivity contribution in [1.82, 2.24) is 19.3 Å². The Hall–Kier alpha value is -3.05. The smallest absolute Gasteiger partial charge is 0.147 e. The number of rotatable bonds is 3. The highest BCUT2D eigenvalue weighted by Crippen LogP contribution is 2.31. The van der Waals surface area contributed by atoms with Crippen LogP contribution in [0.1, 0.15) is 16.7 Å². The molecular formula is C21H18ClN5. The van der Waals surface area contributed by atoms with Crippen LogP contribution >= 0.6 is 11.6 Å². The first-order chi connectivity index (χ1) is 13.3. The molecule has 5 nitrogen and oxygen atoms in total. The molecule has 2 aromatic heterocycles. The van der Waals surface area contributed by atoms with Gasteiger partial charge in [-0.15, -0.1) is 0 Å². The van der Waals surface area contributed by atoms with Crippen molar-refractivity contribution >= 4 is 23.1 Å². The van der Waals surface area contributed by atoms with E-state index in [2.05, 4.69) is 57.9 Å². The number of imidazole rings is 1. The van der Waals surface area contributed by atoms with Gasteiger partial charge in [0.2, 0.25) is 0 Å². The van der Waals surface area contributed by atoms with Gasteiger partial charge in [-0.05, 0) is 42.2 Å². The summed E-state index contributed by atoms with van der Waals surface area (Å²) >= 11 is 5.96. The number of nitrogens with zero attached hydrogens (tertiary/aromatic N) is 4. The molecule has 1 N–H and O–H groups in total. The van der Waals surface area contributed by atoms with Crippen molar-refractivity contribution in [2.24, 2.45) is 0 Å². The molecule has 1 aliphatic heterocycles. The lowest BCUT2D eigenvalue weighted by Crippen LogP contribution is -2.07. The van der Waals surface area contributed by atoms with E-state index in [4.69, 9.17) is 11.6 Å². The zero-order valence-corrected chi connectivity index (χ0v) is 15.4. The Morgan fingerprint density at radius 2 is 1.89 bits per heavy atom. The van der Waals surface area contributed by atoms with Crippen LogP contribution in [0.4, 0.5) is 11.5 Å². The highest BCUT2D eigenvalue weighted by atomic mass is 35.5. The number of hydrogen-bond donors (Lipinski definition) is 1. The van der Waals surface area contributed by atoms with E-state index in [1.165, 1.54) is 16.7 Å². The van der Waals surface area contributed by atoms with Crippen LogP contribution in [0.15, 0.2) is 67.3 Å². The van der Waals surface area contributed by atoms with Gasteiger partial charge in [-0.25, -0.2) is 9.67 Å². The summed E-state index contributed by atoms with van der Waals surface area (Å²) in [6, 6.07) is 16.8. The third-order valence-electron chi connectivity index (χ3n) is 4.95. The topological polar surface area (TPSA) is 47.7 Å². The molecular weight excluding hydrogens is 358 g/mol. The van der Waals surface area contributed by atoms with Crippen molar-refractivity contribution in [2.45, 2.75) is 19.4 Å². The minimum absolute atomic E-state index is 0.497. The summed E-state index contributed by atoms with van der Waals surface area (Å²) in [7, 11) is 0. The Labute approximate surface area is 162 Å². The molecule has 3 heterocycles. The van der Waals surface area contributed by atoms with Gasteiger partial charge in [-0.3, -0.25) is 0 Å². The minimum atomic E-state index is 0.497. The number of nitrogens with one attached hydrogen (secondary N) is 1. The molecule has 0 atom stereocenters. The van der Waals surface area contributed by atoms with E-state index in [1.807, 2.05) is 27.7 Å². The van der Waals surface area contributed by atoms with Gasteiger partial charge < -0.3 is 9.88 Å². The first kappa shape index (κ1) is 16.1. The van der Waals surface area contributed by atoms with Crippen LogP contribution in [-0.2, 0) is 19.4 Å². The number of aryl methyl sites for hydroxylation is 2. The molecule has 0 aliphatic carbocycles. The van der Waals surface area contributed by atoms with Crippen molar-refractivity contribution in [3.05, 3.63) is 89.1 Å². The fourth-order valence-corrected chi connectivity index (χ4v) is 3.68.